The molecule has 10 heavy (non-hydrogen) atoms. The van der Waals surface area contributed by atoms with E-state index in [1.165, 1.54) is 0 Å². The average molecular weight is 204 g/mol. The second kappa shape index (κ2) is 4.48. The van der Waals surface area contributed by atoms with E-state index in [1.54, 1.807) is 12.4 Å². The van der Waals surface area contributed by atoms with Crippen molar-refractivity contribution in [1.82, 2.24) is 15.4 Å². The van der Waals surface area contributed by atoms with E-state index >= 15 is 0 Å². The number of nitrogens with zero attached hydrogens (tertiary/aromatic N) is 2. The molecule has 1 aromatic rings. The lowest BCUT2D eigenvalue weighted by Crippen LogP contribution is -1.63. The molecule has 1 aromatic heterocycles. The van der Waals surface area contributed by atoms with Crippen LogP contribution in [-0.4, -0.2) is 23.8 Å². The van der Waals surface area contributed by atoms with Gasteiger partial charge in [0, 0.05) is 21.4 Å². The van der Waals surface area contributed by atoms with E-state index in [-0.39, 0.29) is 0 Å². The van der Waals surface area contributed by atoms with E-state index in [2.05, 4.69) is 36.8 Å². The summed E-state index contributed by atoms with van der Waals surface area (Å²) in [5.41, 5.74) is 0. The Kier molecular flexibility index (Phi) is 4.33. The van der Waals surface area contributed by atoms with E-state index < -0.39 is 8.26 Å². The van der Waals surface area contributed by atoms with Crippen LogP contribution < -0.4 is 0 Å². The number of rotatable bonds is 0. The molecule has 0 amide bonds. The molecule has 0 fully saturated rings. The van der Waals surface area contributed by atoms with Gasteiger partial charge in [0.1, 0.15) is 0 Å². The Labute approximate surface area is 66.3 Å². The molecular weight excluding hydrogens is 201 g/mol. The number of H-pyrrole nitrogens is 1. The maximum Gasteiger partial charge on any atom is 0.317 e. The van der Waals surface area contributed by atoms with Gasteiger partial charge in [0.25, 0.3) is 0 Å². The number of nitrogens with one attached hydrogen (secondary N) is 1. The number of hydrogen-bond donors (Lipinski definition) is 1. The summed E-state index contributed by atoms with van der Waals surface area (Å²) >= 11 is 0. The van der Waals surface area contributed by atoms with Gasteiger partial charge < -0.3 is 0 Å². The zero-order valence-corrected chi connectivity index (χ0v) is 6.86. The summed E-state index contributed by atoms with van der Waals surface area (Å²) in [7, 11) is 4.81. The molecule has 8 heteroatoms. The fraction of sp³-hybridized carbons (Fsp3) is 0. The van der Waals surface area contributed by atoms with Crippen LogP contribution in [-0.2, 0) is 8.26 Å². The highest BCUT2D eigenvalue weighted by Gasteiger charge is 1.88. The van der Waals surface area contributed by atoms with Crippen LogP contribution in [0.25, 0.3) is 0 Å². The van der Waals surface area contributed by atoms with Crippen molar-refractivity contribution < 1.29 is 8.42 Å². The molecule has 0 bridgehead atoms. The smallest absolute Gasteiger partial charge is 0.198 e. The van der Waals surface area contributed by atoms with Gasteiger partial charge in [-0.1, -0.05) is 0 Å². The lowest BCUT2D eigenvalue weighted by molar-refractivity contribution is 0.621. The Morgan fingerprint density at radius 2 is 1.50 bits per heavy atom. The third-order valence-corrected chi connectivity index (χ3v) is 0.331. The van der Waals surface area contributed by atoms with Crippen molar-refractivity contribution in [1.29, 1.82) is 0 Å². The van der Waals surface area contributed by atoms with Crippen molar-refractivity contribution in [2.75, 3.05) is 0 Å². The highest BCUT2D eigenvalue weighted by Crippen LogP contribution is 1.98. The first-order valence-electron chi connectivity index (χ1n) is 1.94. The lowest BCUT2D eigenvalue weighted by atomic mass is 11.0. The van der Waals surface area contributed by atoms with Gasteiger partial charge in [0.15, 0.2) is 0 Å². The average Bonchev–Trinajstić information content (AvgIpc) is 2.07. The molecule has 0 aliphatic carbocycles. The summed E-state index contributed by atoms with van der Waals surface area (Å²) in [5, 5.41) is 9.33. The monoisotopic (exact) mass is 203 g/mol. The molecule has 5 nitrogen and oxygen atoms in total. The fourth-order valence-electron chi connectivity index (χ4n) is 0.167. The van der Waals surface area contributed by atoms with Gasteiger partial charge >= 0.3 is 8.26 Å². The summed E-state index contributed by atoms with van der Waals surface area (Å²) in [6.07, 6.45) is 3.17. The predicted molar refractivity (Wildman–Crippen MR) is 37.0 cm³/mol. The van der Waals surface area contributed by atoms with E-state index in [1.807, 2.05) is 0 Å². The van der Waals surface area contributed by atoms with Crippen LogP contribution in [0.5, 0.6) is 0 Å². The summed E-state index contributed by atoms with van der Waals surface area (Å²) in [6, 6.07) is 0. The molecule has 0 saturated carbocycles. The van der Waals surface area contributed by atoms with Gasteiger partial charge in [-0.05, 0) is 0 Å². The summed E-state index contributed by atoms with van der Waals surface area (Å²) in [6.45, 7) is 0. The zero-order valence-electron chi connectivity index (χ0n) is 4.53. The van der Waals surface area contributed by atoms with Crippen LogP contribution in [0, 0.1) is 0 Å². The standard InChI is InChI=1S/C2H3N3.Cl2O2S/c1-2-4-5-3-1;1-5(2,3)4/h1-2H,(H,3,4,5);. The fourth-order valence-corrected chi connectivity index (χ4v) is 0.167. The number of hydrogen-bond acceptors (Lipinski definition) is 4. The van der Waals surface area contributed by atoms with Crippen LogP contribution in [0.15, 0.2) is 12.4 Å². The number of halogens is 2. The van der Waals surface area contributed by atoms with Crippen LogP contribution in [0.1, 0.15) is 0 Å². The van der Waals surface area contributed by atoms with Crippen LogP contribution in [0.4, 0.5) is 0 Å². The Morgan fingerprint density at radius 1 is 1.20 bits per heavy atom. The molecule has 1 heterocycles. The van der Waals surface area contributed by atoms with Gasteiger partial charge in [0.05, 0.1) is 12.4 Å². The predicted octanol–water partition coefficient (Wildman–Crippen LogP) is 0.514. The molecule has 58 valence electrons. The minimum atomic E-state index is -3.72. The van der Waals surface area contributed by atoms with Gasteiger partial charge in [-0.3, -0.25) is 0 Å². The van der Waals surface area contributed by atoms with Crippen LogP contribution >= 0.6 is 21.4 Å². The molecule has 0 aromatic carbocycles. The molecule has 1 N–H and O–H groups in total. The highest BCUT2D eigenvalue weighted by molar-refractivity contribution is 8.31. The molecule has 0 radical (unpaired) electrons. The van der Waals surface area contributed by atoms with Gasteiger partial charge in [0.2, 0.25) is 0 Å². The van der Waals surface area contributed by atoms with Crippen molar-refractivity contribution in [3.05, 3.63) is 12.4 Å². The molecule has 1 rings (SSSR count). The second-order valence-corrected chi connectivity index (χ2v) is 4.70. The number of aromatic amines is 1. The van der Waals surface area contributed by atoms with Gasteiger partial charge in [-0.2, -0.15) is 23.8 Å². The zero-order chi connectivity index (χ0) is 8.04. The normalized spacial score (nSPS) is 9.80. The van der Waals surface area contributed by atoms with E-state index in [4.69, 9.17) is 8.42 Å². The lowest BCUT2D eigenvalue weighted by Gasteiger charge is -1.61. The Bertz CT molecular complexity index is 218. The quantitative estimate of drug-likeness (QED) is 0.624. The number of aromatic nitrogens is 3. The molecule has 0 spiro atoms. The van der Waals surface area contributed by atoms with E-state index in [0.717, 1.165) is 0 Å². The topological polar surface area (TPSA) is 75.7 Å². The van der Waals surface area contributed by atoms with Crippen molar-refractivity contribution in [3.8, 4) is 0 Å². The SMILES string of the molecule is O=S(=O)(Cl)Cl.c1cn[nH]n1. The van der Waals surface area contributed by atoms with Crippen LogP contribution in [0.2, 0.25) is 0 Å². The molecule has 0 saturated heterocycles. The highest BCUT2D eigenvalue weighted by atomic mass is 36.0. The Hall–Kier alpha value is -0.330. The largest absolute Gasteiger partial charge is 0.317 e. The minimum Gasteiger partial charge on any atom is -0.198 e. The molecule has 0 aliphatic heterocycles. The van der Waals surface area contributed by atoms with E-state index in [9.17, 15) is 0 Å². The van der Waals surface area contributed by atoms with Crippen molar-refractivity contribution >= 4 is 29.6 Å². The second-order valence-electron chi connectivity index (χ2n) is 1.03. The first-order chi connectivity index (χ1) is 4.50. The first kappa shape index (κ1) is 9.67. The summed E-state index contributed by atoms with van der Waals surface area (Å²) in [5.74, 6) is 0. The Balaban J connectivity index is 0.000000162. The molecule has 0 unspecified atom stereocenters. The molecule has 0 aliphatic rings. The maximum absolute atomic E-state index is 9.16. The van der Waals surface area contributed by atoms with Crippen LogP contribution in [0.3, 0.4) is 0 Å². The van der Waals surface area contributed by atoms with Crippen molar-refractivity contribution in [2.24, 2.45) is 0 Å². The first-order valence-corrected chi connectivity index (χ1v) is 5.07. The van der Waals surface area contributed by atoms with Gasteiger partial charge in [-0.25, -0.2) is 0 Å². The van der Waals surface area contributed by atoms with Crippen molar-refractivity contribution in [3.63, 3.8) is 0 Å². The Morgan fingerprint density at radius 3 is 1.60 bits per heavy atom. The van der Waals surface area contributed by atoms with Gasteiger partial charge in [-0.15, -0.1) is 0 Å². The van der Waals surface area contributed by atoms with E-state index in [0.29, 0.717) is 0 Å². The summed E-state index contributed by atoms with van der Waals surface area (Å²) in [4.78, 5) is 0. The third kappa shape index (κ3) is 15.6. The van der Waals surface area contributed by atoms with Crippen molar-refractivity contribution in [2.45, 2.75) is 0 Å². The molecule has 0 atom stereocenters. The molecular formula is C2H3Cl2N3O2S. The maximum atomic E-state index is 9.16. The minimum absolute atomic E-state index is 1.58. The third-order valence-electron chi connectivity index (χ3n) is 0.331. The summed E-state index contributed by atoms with van der Waals surface area (Å²) < 4.78 is 18.3.